The summed E-state index contributed by atoms with van der Waals surface area (Å²) in [6.45, 7) is 3.77. The van der Waals surface area contributed by atoms with Crippen LogP contribution in [-0.2, 0) is 0 Å². The summed E-state index contributed by atoms with van der Waals surface area (Å²) < 4.78 is 0. The van der Waals surface area contributed by atoms with Crippen molar-refractivity contribution in [1.29, 1.82) is 0 Å². The maximum Gasteiger partial charge on any atom is 0.153 e. The van der Waals surface area contributed by atoms with E-state index in [1.54, 1.807) is 6.07 Å². The summed E-state index contributed by atoms with van der Waals surface area (Å²) in [6, 6.07) is 2.97. The number of benzene rings is 1. The van der Waals surface area contributed by atoms with Crippen LogP contribution in [0.25, 0.3) is 0 Å². The minimum Gasteiger partial charge on any atom is -0.507 e. The molecule has 1 N–H and O–H groups in total. The fourth-order valence-corrected chi connectivity index (χ4v) is 1.30. The first kappa shape index (κ1) is 10.4. The van der Waals surface area contributed by atoms with Gasteiger partial charge in [0.25, 0.3) is 0 Å². The van der Waals surface area contributed by atoms with Crippen LogP contribution in [0.3, 0.4) is 0 Å². The van der Waals surface area contributed by atoms with Crippen LogP contribution in [0.2, 0.25) is 0 Å². The fraction of sp³-hybridized carbons (Fsp3) is 0.273. The Balaban J connectivity index is 3.41. The number of carbonyl (C=O) groups is 2. The van der Waals surface area contributed by atoms with Crippen molar-refractivity contribution in [2.24, 2.45) is 0 Å². The van der Waals surface area contributed by atoms with Crippen LogP contribution in [0.4, 0.5) is 0 Å². The number of aromatic hydroxyl groups is 1. The molecule has 74 valence electrons. The molecule has 1 rings (SSSR count). The third-order valence-corrected chi connectivity index (χ3v) is 2.08. The van der Waals surface area contributed by atoms with E-state index in [9.17, 15) is 14.7 Å². The monoisotopic (exact) mass is 192 g/mol. The summed E-state index contributed by atoms with van der Waals surface area (Å²) >= 11 is 0. The summed E-state index contributed by atoms with van der Waals surface area (Å²) in [5.41, 5.74) is 1.20. The van der Waals surface area contributed by atoms with Crippen LogP contribution in [0.5, 0.6) is 5.75 Å². The summed E-state index contributed by atoms with van der Waals surface area (Å²) in [6.07, 6.45) is 1.21. The van der Waals surface area contributed by atoms with E-state index in [4.69, 9.17) is 0 Å². The molecule has 0 radical (unpaired) electrons. The molecule has 0 spiro atoms. The quantitative estimate of drug-likeness (QED) is 0.746. The molecule has 3 nitrogen and oxygen atoms in total. The third kappa shape index (κ3) is 1.82. The molecule has 0 fully saturated rings. The number of phenols is 1. The minimum absolute atomic E-state index is 0.0272. The lowest BCUT2D eigenvalue weighted by molar-refractivity contribution is 0.112. The second-order valence-corrected chi connectivity index (χ2v) is 3.44. The number of phenolic OH excluding ortho intramolecular Hbond substituents is 1. The summed E-state index contributed by atoms with van der Waals surface area (Å²) in [4.78, 5) is 21.2. The van der Waals surface area contributed by atoms with Gasteiger partial charge in [-0.15, -0.1) is 0 Å². The molecular formula is C11H12O3. The van der Waals surface area contributed by atoms with Gasteiger partial charge in [-0.1, -0.05) is 13.8 Å². The van der Waals surface area contributed by atoms with Gasteiger partial charge in [0, 0.05) is 5.56 Å². The average Bonchev–Trinajstić information content (AvgIpc) is 2.17. The number of hydrogen-bond acceptors (Lipinski definition) is 3. The first-order valence-corrected chi connectivity index (χ1v) is 4.37. The average molecular weight is 192 g/mol. The highest BCUT2D eigenvalue weighted by Crippen LogP contribution is 2.29. The van der Waals surface area contributed by atoms with E-state index in [1.807, 2.05) is 13.8 Å². The first-order valence-electron chi connectivity index (χ1n) is 4.37. The Labute approximate surface area is 82.4 Å². The van der Waals surface area contributed by atoms with E-state index in [0.29, 0.717) is 23.7 Å². The molecule has 0 heterocycles. The number of hydrogen-bond donors (Lipinski definition) is 1. The molecule has 0 bridgehead atoms. The van der Waals surface area contributed by atoms with Gasteiger partial charge in [-0.25, -0.2) is 0 Å². The van der Waals surface area contributed by atoms with Gasteiger partial charge in [-0.05, 0) is 23.6 Å². The zero-order valence-corrected chi connectivity index (χ0v) is 8.15. The fourth-order valence-electron chi connectivity index (χ4n) is 1.30. The second-order valence-electron chi connectivity index (χ2n) is 3.44. The van der Waals surface area contributed by atoms with Crippen molar-refractivity contribution in [2.45, 2.75) is 19.8 Å². The molecule has 0 saturated heterocycles. The Kier molecular flexibility index (Phi) is 3.02. The Morgan fingerprint density at radius 2 is 1.86 bits per heavy atom. The number of carbonyl (C=O) groups excluding carboxylic acids is 2. The molecule has 14 heavy (non-hydrogen) atoms. The maximum absolute atomic E-state index is 10.6. The van der Waals surface area contributed by atoms with Gasteiger partial charge in [0.2, 0.25) is 0 Å². The van der Waals surface area contributed by atoms with Crippen molar-refractivity contribution >= 4 is 12.6 Å². The van der Waals surface area contributed by atoms with Gasteiger partial charge in [0.15, 0.2) is 6.29 Å². The highest BCUT2D eigenvalue weighted by Gasteiger charge is 2.11. The SMILES string of the molecule is CC(C)c1cc(C=O)cc(C=O)c1O. The Morgan fingerprint density at radius 3 is 2.29 bits per heavy atom. The molecule has 1 aromatic carbocycles. The molecule has 0 aromatic heterocycles. The zero-order chi connectivity index (χ0) is 10.7. The highest BCUT2D eigenvalue weighted by molar-refractivity contribution is 5.86. The topological polar surface area (TPSA) is 54.4 Å². The summed E-state index contributed by atoms with van der Waals surface area (Å²) in [7, 11) is 0. The molecule has 0 unspecified atom stereocenters. The highest BCUT2D eigenvalue weighted by atomic mass is 16.3. The molecule has 3 heteroatoms. The van der Waals surface area contributed by atoms with Crippen LogP contribution in [0.15, 0.2) is 12.1 Å². The van der Waals surface area contributed by atoms with Gasteiger partial charge >= 0.3 is 0 Å². The lowest BCUT2D eigenvalue weighted by Crippen LogP contribution is -1.95. The predicted octanol–water partition coefficient (Wildman–Crippen LogP) is 2.14. The Bertz CT molecular complexity index is 367. The maximum atomic E-state index is 10.6. The minimum atomic E-state index is -0.0272. The van der Waals surface area contributed by atoms with Crippen molar-refractivity contribution in [1.82, 2.24) is 0 Å². The summed E-state index contributed by atoms with van der Waals surface area (Å²) in [5, 5.41) is 9.63. The van der Waals surface area contributed by atoms with Gasteiger partial charge < -0.3 is 5.11 Å². The normalized spacial score (nSPS) is 10.2. The summed E-state index contributed by atoms with van der Waals surface area (Å²) in [5.74, 6) is 0.0502. The van der Waals surface area contributed by atoms with E-state index >= 15 is 0 Å². The third-order valence-electron chi connectivity index (χ3n) is 2.08. The molecule has 0 saturated carbocycles. The standard InChI is InChI=1S/C11H12O3/c1-7(2)10-4-8(5-12)3-9(6-13)11(10)14/h3-7,14H,1-2H3. The van der Waals surface area contributed by atoms with Crippen molar-refractivity contribution in [3.8, 4) is 5.75 Å². The van der Waals surface area contributed by atoms with E-state index in [-0.39, 0.29) is 17.2 Å². The largest absolute Gasteiger partial charge is 0.507 e. The van der Waals surface area contributed by atoms with E-state index in [0.717, 1.165) is 0 Å². The number of aldehydes is 2. The van der Waals surface area contributed by atoms with Crippen molar-refractivity contribution in [3.63, 3.8) is 0 Å². The lowest BCUT2D eigenvalue weighted by Gasteiger charge is -2.10. The van der Waals surface area contributed by atoms with Gasteiger partial charge in [0.05, 0.1) is 5.56 Å². The molecular weight excluding hydrogens is 180 g/mol. The van der Waals surface area contributed by atoms with Crippen molar-refractivity contribution in [2.75, 3.05) is 0 Å². The molecule has 0 aliphatic heterocycles. The second kappa shape index (κ2) is 4.05. The smallest absolute Gasteiger partial charge is 0.153 e. The van der Waals surface area contributed by atoms with Crippen LogP contribution in [0, 0.1) is 0 Å². The Morgan fingerprint density at radius 1 is 1.21 bits per heavy atom. The molecule has 0 aliphatic carbocycles. The molecule has 0 atom stereocenters. The Hall–Kier alpha value is -1.64. The van der Waals surface area contributed by atoms with Crippen LogP contribution in [-0.4, -0.2) is 17.7 Å². The van der Waals surface area contributed by atoms with Gasteiger partial charge in [0.1, 0.15) is 12.0 Å². The van der Waals surface area contributed by atoms with E-state index in [2.05, 4.69) is 0 Å². The van der Waals surface area contributed by atoms with Gasteiger partial charge in [-0.3, -0.25) is 9.59 Å². The number of rotatable bonds is 3. The van der Waals surface area contributed by atoms with E-state index < -0.39 is 0 Å². The molecule has 0 amide bonds. The van der Waals surface area contributed by atoms with Crippen LogP contribution in [0.1, 0.15) is 46.0 Å². The predicted molar refractivity (Wildman–Crippen MR) is 53.0 cm³/mol. The van der Waals surface area contributed by atoms with Gasteiger partial charge in [-0.2, -0.15) is 0 Å². The van der Waals surface area contributed by atoms with Crippen molar-refractivity contribution < 1.29 is 14.7 Å². The molecule has 1 aromatic rings. The van der Waals surface area contributed by atoms with Crippen LogP contribution >= 0.6 is 0 Å². The first-order chi connectivity index (χ1) is 6.60. The lowest BCUT2D eigenvalue weighted by atomic mass is 9.97. The zero-order valence-electron chi connectivity index (χ0n) is 8.15. The van der Waals surface area contributed by atoms with Crippen molar-refractivity contribution in [3.05, 3.63) is 28.8 Å². The molecule has 0 aliphatic rings. The van der Waals surface area contributed by atoms with E-state index in [1.165, 1.54) is 6.07 Å². The van der Waals surface area contributed by atoms with Crippen LogP contribution < -0.4 is 0 Å².